The van der Waals surface area contributed by atoms with Gasteiger partial charge in [0.1, 0.15) is 10.9 Å². The molecule has 2 nitrogen and oxygen atoms in total. The van der Waals surface area contributed by atoms with Crippen LogP contribution in [0.1, 0.15) is 23.7 Å². The maximum absolute atomic E-state index is 8.51. The van der Waals surface area contributed by atoms with Gasteiger partial charge in [0.25, 0.3) is 0 Å². The van der Waals surface area contributed by atoms with Crippen molar-refractivity contribution >= 4 is 11.3 Å². The first-order valence-corrected chi connectivity index (χ1v) is 4.39. The first-order chi connectivity index (χ1) is 5.22. The maximum Gasteiger partial charge on any atom is 0.124 e. The van der Waals surface area contributed by atoms with Crippen LogP contribution in [-0.2, 0) is 6.42 Å². The van der Waals surface area contributed by atoms with Crippen molar-refractivity contribution in [3.63, 3.8) is 0 Å². The van der Waals surface area contributed by atoms with Crippen LogP contribution >= 0.6 is 11.3 Å². The molecule has 11 heavy (non-hydrogen) atoms. The predicted molar refractivity (Wildman–Crippen MR) is 45.4 cm³/mol. The van der Waals surface area contributed by atoms with Gasteiger partial charge in [-0.1, -0.05) is 13.8 Å². The normalized spacial score (nSPS) is 10.0. The molecule has 0 saturated heterocycles. The Kier molecular flexibility index (Phi) is 2.61. The average Bonchev–Trinajstić information content (AvgIpc) is 2.34. The molecular formula is C8H10N2S. The third kappa shape index (κ3) is 2.32. The lowest BCUT2D eigenvalue weighted by molar-refractivity contribution is 0.644. The number of hydrogen-bond acceptors (Lipinski definition) is 3. The van der Waals surface area contributed by atoms with Gasteiger partial charge in [0, 0.05) is 6.42 Å². The highest BCUT2D eigenvalue weighted by Gasteiger charge is 2.02. The molecule has 0 aliphatic carbocycles. The van der Waals surface area contributed by atoms with Crippen molar-refractivity contribution < 1.29 is 0 Å². The van der Waals surface area contributed by atoms with Crippen LogP contribution in [0.15, 0.2) is 6.20 Å². The molecule has 0 aromatic carbocycles. The Labute approximate surface area is 70.5 Å². The minimum Gasteiger partial charge on any atom is -0.248 e. The van der Waals surface area contributed by atoms with E-state index in [0.717, 1.165) is 11.4 Å². The zero-order valence-corrected chi connectivity index (χ0v) is 7.48. The maximum atomic E-state index is 8.51. The topological polar surface area (TPSA) is 36.7 Å². The van der Waals surface area contributed by atoms with E-state index in [1.165, 1.54) is 11.3 Å². The van der Waals surface area contributed by atoms with Crippen molar-refractivity contribution in [1.82, 2.24) is 4.98 Å². The average molecular weight is 166 g/mol. The van der Waals surface area contributed by atoms with Gasteiger partial charge in [-0.15, -0.1) is 11.3 Å². The number of rotatable bonds is 2. The third-order valence-corrected chi connectivity index (χ3v) is 2.17. The van der Waals surface area contributed by atoms with E-state index in [2.05, 4.69) is 24.9 Å². The van der Waals surface area contributed by atoms with Crippen molar-refractivity contribution in [3.05, 3.63) is 16.1 Å². The summed E-state index contributed by atoms with van der Waals surface area (Å²) in [4.78, 5) is 4.83. The van der Waals surface area contributed by atoms with E-state index in [1.54, 1.807) is 6.20 Å². The number of nitrogens with zero attached hydrogens (tertiary/aromatic N) is 2. The highest BCUT2D eigenvalue weighted by atomic mass is 32.1. The summed E-state index contributed by atoms with van der Waals surface area (Å²) in [5.74, 6) is 0.618. The molecule has 1 rings (SSSR count). The smallest absolute Gasteiger partial charge is 0.124 e. The fraction of sp³-hybridized carbons (Fsp3) is 0.500. The van der Waals surface area contributed by atoms with E-state index < -0.39 is 0 Å². The van der Waals surface area contributed by atoms with Gasteiger partial charge < -0.3 is 0 Å². The minimum atomic E-state index is 0.618. The van der Waals surface area contributed by atoms with E-state index in [0.29, 0.717) is 10.8 Å². The molecule has 0 atom stereocenters. The lowest BCUT2D eigenvalue weighted by Gasteiger charge is -1.97. The Balaban J connectivity index is 2.67. The Morgan fingerprint density at radius 2 is 2.45 bits per heavy atom. The van der Waals surface area contributed by atoms with E-state index in [-0.39, 0.29) is 0 Å². The van der Waals surface area contributed by atoms with Gasteiger partial charge in [-0.05, 0) is 5.92 Å². The molecule has 0 spiro atoms. The zero-order chi connectivity index (χ0) is 8.27. The SMILES string of the molecule is CC(C)Cc1ncc(C#N)s1. The van der Waals surface area contributed by atoms with Gasteiger partial charge in [0.2, 0.25) is 0 Å². The second-order valence-electron chi connectivity index (χ2n) is 2.83. The van der Waals surface area contributed by atoms with Crippen LogP contribution in [-0.4, -0.2) is 4.98 Å². The second-order valence-corrected chi connectivity index (χ2v) is 3.94. The number of hydrogen-bond donors (Lipinski definition) is 0. The van der Waals surface area contributed by atoms with Gasteiger partial charge in [0.05, 0.1) is 11.2 Å². The van der Waals surface area contributed by atoms with E-state index in [9.17, 15) is 0 Å². The summed E-state index contributed by atoms with van der Waals surface area (Å²) >= 11 is 1.49. The minimum absolute atomic E-state index is 0.618. The summed E-state index contributed by atoms with van der Waals surface area (Å²) in [6.07, 6.45) is 2.62. The predicted octanol–water partition coefficient (Wildman–Crippen LogP) is 2.21. The molecule has 0 amide bonds. The summed E-state index contributed by atoms with van der Waals surface area (Å²) in [5, 5.41) is 9.57. The molecule has 0 N–H and O–H groups in total. The zero-order valence-electron chi connectivity index (χ0n) is 6.66. The first kappa shape index (κ1) is 8.22. The lowest BCUT2D eigenvalue weighted by atomic mass is 10.1. The Hall–Kier alpha value is -0.880. The van der Waals surface area contributed by atoms with Crippen LogP contribution in [0.4, 0.5) is 0 Å². The van der Waals surface area contributed by atoms with E-state index in [4.69, 9.17) is 5.26 Å². The van der Waals surface area contributed by atoms with Crippen molar-refractivity contribution in [1.29, 1.82) is 5.26 Å². The summed E-state index contributed by atoms with van der Waals surface area (Å²) in [6, 6.07) is 2.08. The summed E-state index contributed by atoms with van der Waals surface area (Å²) in [7, 11) is 0. The standard InChI is InChI=1S/C8H10N2S/c1-6(2)3-8-10-5-7(4-9)11-8/h5-6H,3H2,1-2H3. The summed E-state index contributed by atoms with van der Waals surface area (Å²) in [6.45, 7) is 4.29. The van der Waals surface area contributed by atoms with Crippen LogP contribution in [0.5, 0.6) is 0 Å². The molecule has 1 aromatic heterocycles. The molecular weight excluding hydrogens is 156 g/mol. The highest BCUT2D eigenvalue weighted by molar-refractivity contribution is 7.12. The van der Waals surface area contributed by atoms with Crippen LogP contribution in [0.3, 0.4) is 0 Å². The van der Waals surface area contributed by atoms with Crippen LogP contribution < -0.4 is 0 Å². The highest BCUT2D eigenvalue weighted by Crippen LogP contribution is 2.14. The molecule has 0 unspecified atom stereocenters. The van der Waals surface area contributed by atoms with E-state index >= 15 is 0 Å². The Morgan fingerprint density at radius 3 is 2.91 bits per heavy atom. The first-order valence-electron chi connectivity index (χ1n) is 3.57. The van der Waals surface area contributed by atoms with Crippen molar-refractivity contribution in [2.45, 2.75) is 20.3 Å². The van der Waals surface area contributed by atoms with Gasteiger partial charge in [-0.3, -0.25) is 0 Å². The molecule has 1 heterocycles. The second kappa shape index (κ2) is 3.49. The monoisotopic (exact) mass is 166 g/mol. The summed E-state index contributed by atoms with van der Waals surface area (Å²) < 4.78 is 0. The van der Waals surface area contributed by atoms with Crippen LogP contribution in [0.25, 0.3) is 0 Å². The number of thiazole rings is 1. The molecule has 0 bridgehead atoms. The van der Waals surface area contributed by atoms with Crippen molar-refractivity contribution in [2.24, 2.45) is 5.92 Å². The Bertz CT molecular complexity index is 270. The van der Waals surface area contributed by atoms with E-state index in [1.807, 2.05) is 0 Å². The largest absolute Gasteiger partial charge is 0.248 e. The molecule has 0 aliphatic heterocycles. The third-order valence-electron chi connectivity index (χ3n) is 1.25. The van der Waals surface area contributed by atoms with Crippen LogP contribution in [0, 0.1) is 17.2 Å². The molecule has 0 fully saturated rings. The molecule has 0 saturated carbocycles. The number of aromatic nitrogens is 1. The molecule has 0 aliphatic rings. The Morgan fingerprint density at radius 1 is 1.73 bits per heavy atom. The lowest BCUT2D eigenvalue weighted by Crippen LogP contribution is -1.91. The van der Waals surface area contributed by atoms with Gasteiger partial charge in [-0.2, -0.15) is 5.26 Å². The van der Waals surface area contributed by atoms with Crippen molar-refractivity contribution in [2.75, 3.05) is 0 Å². The van der Waals surface area contributed by atoms with Gasteiger partial charge in [-0.25, -0.2) is 4.98 Å². The van der Waals surface area contributed by atoms with Crippen LogP contribution in [0.2, 0.25) is 0 Å². The quantitative estimate of drug-likeness (QED) is 0.675. The summed E-state index contributed by atoms with van der Waals surface area (Å²) in [5.41, 5.74) is 0. The molecule has 3 heteroatoms. The van der Waals surface area contributed by atoms with Crippen molar-refractivity contribution in [3.8, 4) is 6.07 Å². The molecule has 0 radical (unpaired) electrons. The molecule has 58 valence electrons. The van der Waals surface area contributed by atoms with Gasteiger partial charge in [0.15, 0.2) is 0 Å². The molecule has 1 aromatic rings. The fourth-order valence-corrected chi connectivity index (χ4v) is 1.73. The van der Waals surface area contributed by atoms with Gasteiger partial charge >= 0.3 is 0 Å². The fourth-order valence-electron chi connectivity index (χ4n) is 0.806. The number of nitriles is 1.